The first kappa shape index (κ1) is 10.8. The van der Waals surface area contributed by atoms with Crippen molar-refractivity contribution in [1.82, 2.24) is 0 Å². The summed E-state index contributed by atoms with van der Waals surface area (Å²) in [5.74, 6) is 1.33. The number of carbonyl (C=O) groups is 1. The molecule has 0 aliphatic rings. The molecule has 0 N–H and O–H groups in total. The maximum Gasteiger partial charge on any atom is 0.172 e. The van der Waals surface area contributed by atoms with Crippen molar-refractivity contribution in [3.8, 4) is 6.07 Å². The predicted octanol–water partition coefficient (Wildman–Crippen LogP) is 2.52. The lowest BCUT2D eigenvalue weighted by Crippen LogP contribution is -2.02. The van der Waals surface area contributed by atoms with Crippen LogP contribution in [0.25, 0.3) is 0 Å². The number of hydrogen-bond acceptors (Lipinski definition) is 3. The Kier molecular flexibility index (Phi) is 4.81. The summed E-state index contributed by atoms with van der Waals surface area (Å²) >= 11 is 1.51. The zero-order valence-electron chi connectivity index (χ0n) is 7.77. The van der Waals surface area contributed by atoms with E-state index in [2.05, 4.69) is 0 Å². The van der Waals surface area contributed by atoms with Gasteiger partial charge in [0.25, 0.3) is 0 Å². The highest BCUT2D eigenvalue weighted by Gasteiger charge is 2.03. The van der Waals surface area contributed by atoms with E-state index in [0.29, 0.717) is 12.2 Å². The van der Waals surface area contributed by atoms with Crippen LogP contribution in [0.2, 0.25) is 0 Å². The van der Waals surface area contributed by atoms with E-state index in [1.54, 1.807) is 0 Å². The van der Waals surface area contributed by atoms with E-state index in [4.69, 9.17) is 5.26 Å². The number of Topliss-reactive ketones (excluding diaryl/α,β-unsaturated/α-hetero) is 1. The van der Waals surface area contributed by atoms with Crippen LogP contribution in [-0.2, 0) is 0 Å². The number of nitriles is 1. The molecule has 0 amide bonds. The van der Waals surface area contributed by atoms with E-state index in [1.807, 2.05) is 36.4 Å². The maximum atomic E-state index is 11.5. The number of rotatable bonds is 5. The van der Waals surface area contributed by atoms with Crippen LogP contribution >= 0.6 is 11.8 Å². The summed E-state index contributed by atoms with van der Waals surface area (Å²) in [5.41, 5.74) is 0.747. The van der Waals surface area contributed by atoms with Crippen molar-refractivity contribution in [1.29, 1.82) is 5.26 Å². The average molecular weight is 205 g/mol. The molecule has 0 saturated carbocycles. The molecule has 0 atom stereocenters. The lowest BCUT2D eigenvalue weighted by molar-refractivity contribution is 0.102. The molecule has 0 aliphatic carbocycles. The largest absolute Gasteiger partial charge is 0.293 e. The number of hydrogen-bond donors (Lipinski definition) is 0. The van der Waals surface area contributed by atoms with E-state index < -0.39 is 0 Å². The van der Waals surface area contributed by atoms with E-state index in [-0.39, 0.29) is 5.78 Å². The molecule has 1 aromatic rings. The number of benzene rings is 1. The molecule has 0 heterocycles. The first-order valence-electron chi connectivity index (χ1n) is 4.37. The minimum absolute atomic E-state index is 0.133. The molecular formula is C11H11NOS. The molecule has 1 rings (SSSR count). The second-order valence-corrected chi connectivity index (χ2v) is 3.86. The monoisotopic (exact) mass is 205 g/mol. The van der Waals surface area contributed by atoms with Crippen LogP contribution in [0.3, 0.4) is 0 Å². The predicted molar refractivity (Wildman–Crippen MR) is 58.3 cm³/mol. The third-order valence-corrected chi connectivity index (χ3v) is 2.65. The van der Waals surface area contributed by atoms with Crippen LogP contribution in [0.4, 0.5) is 0 Å². The highest BCUT2D eigenvalue weighted by Crippen LogP contribution is 2.07. The van der Waals surface area contributed by atoms with Crippen LogP contribution in [0.1, 0.15) is 16.8 Å². The van der Waals surface area contributed by atoms with Crippen LogP contribution < -0.4 is 0 Å². The molecular weight excluding hydrogens is 194 g/mol. The highest BCUT2D eigenvalue weighted by molar-refractivity contribution is 7.99. The van der Waals surface area contributed by atoms with Crippen LogP contribution in [-0.4, -0.2) is 17.3 Å². The highest BCUT2D eigenvalue weighted by atomic mass is 32.2. The Morgan fingerprint density at radius 2 is 2.07 bits per heavy atom. The fourth-order valence-corrected chi connectivity index (χ4v) is 1.72. The van der Waals surface area contributed by atoms with Gasteiger partial charge in [-0.15, -0.1) is 0 Å². The van der Waals surface area contributed by atoms with Crippen LogP contribution in [0, 0.1) is 11.3 Å². The Morgan fingerprint density at radius 1 is 1.36 bits per heavy atom. The van der Waals surface area contributed by atoms with Crippen molar-refractivity contribution in [2.24, 2.45) is 0 Å². The van der Waals surface area contributed by atoms with Gasteiger partial charge in [0.05, 0.1) is 11.8 Å². The SMILES string of the molecule is N#CCCSCC(=O)c1ccccc1. The van der Waals surface area contributed by atoms with Crippen LogP contribution in [0.5, 0.6) is 0 Å². The van der Waals surface area contributed by atoms with Gasteiger partial charge in [0.15, 0.2) is 5.78 Å². The average Bonchev–Trinajstić information content (AvgIpc) is 2.25. The zero-order valence-corrected chi connectivity index (χ0v) is 8.59. The van der Waals surface area contributed by atoms with Gasteiger partial charge in [0, 0.05) is 17.7 Å². The molecule has 3 heteroatoms. The number of nitrogens with zero attached hydrogens (tertiary/aromatic N) is 1. The molecule has 0 unspecified atom stereocenters. The van der Waals surface area contributed by atoms with E-state index in [0.717, 1.165) is 11.3 Å². The first-order valence-corrected chi connectivity index (χ1v) is 5.53. The third kappa shape index (κ3) is 3.63. The molecule has 14 heavy (non-hydrogen) atoms. The zero-order chi connectivity index (χ0) is 10.2. The molecule has 0 radical (unpaired) electrons. The Labute approximate surface area is 87.9 Å². The van der Waals surface area contributed by atoms with Gasteiger partial charge in [0.1, 0.15) is 0 Å². The summed E-state index contributed by atoms with van der Waals surface area (Å²) in [6.45, 7) is 0. The van der Waals surface area contributed by atoms with Gasteiger partial charge < -0.3 is 0 Å². The fraction of sp³-hybridized carbons (Fsp3) is 0.273. The molecule has 2 nitrogen and oxygen atoms in total. The van der Waals surface area contributed by atoms with Gasteiger partial charge in [-0.1, -0.05) is 30.3 Å². The Morgan fingerprint density at radius 3 is 2.71 bits per heavy atom. The quantitative estimate of drug-likeness (QED) is 0.548. The summed E-state index contributed by atoms with van der Waals surface area (Å²) in [7, 11) is 0. The van der Waals surface area contributed by atoms with Gasteiger partial charge in [0.2, 0.25) is 0 Å². The topological polar surface area (TPSA) is 40.9 Å². The van der Waals surface area contributed by atoms with Crippen molar-refractivity contribution in [3.05, 3.63) is 35.9 Å². The molecule has 72 valence electrons. The number of thioether (sulfide) groups is 1. The molecule has 0 spiro atoms. The molecule has 0 aliphatic heterocycles. The summed E-state index contributed by atoms with van der Waals surface area (Å²) in [6.07, 6.45) is 0.507. The van der Waals surface area contributed by atoms with Gasteiger partial charge >= 0.3 is 0 Å². The lowest BCUT2D eigenvalue weighted by atomic mass is 10.2. The molecule has 0 aromatic heterocycles. The molecule has 0 saturated heterocycles. The number of ketones is 1. The van der Waals surface area contributed by atoms with Gasteiger partial charge in [-0.25, -0.2) is 0 Å². The Balaban J connectivity index is 2.33. The molecule has 0 bridgehead atoms. The summed E-state index contributed by atoms with van der Waals surface area (Å²) < 4.78 is 0. The Bertz CT molecular complexity index is 329. The van der Waals surface area contributed by atoms with Gasteiger partial charge in [-0.3, -0.25) is 4.79 Å². The minimum atomic E-state index is 0.133. The molecule has 1 aromatic carbocycles. The first-order chi connectivity index (χ1) is 6.84. The van der Waals surface area contributed by atoms with Crippen molar-refractivity contribution in [2.75, 3.05) is 11.5 Å². The smallest absolute Gasteiger partial charge is 0.172 e. The fourth-order valence-electron chi connectivity index (χ4n) is 0.990. The van der Waals surface area contributed by atoms with E-state index in [1.165, 1.54) is 11.8 Å². The standard InChI is InChI=1S/C11H11NOS/c12-7-4-8-14-9-11(13)10-5-2-1-3-6-10/h1-3,5-6H,4,8-9H2. The second kappa shape index (κ2) is 6.22. The third-order valence-electron chi connectivity index (χ3n) is 1.69. The second-order valence-electron chi connectivity index (χ2n) is 2.75. The summed E-state index contributed by atoms with van der Waals surface area (Å²) in [6, 6.07) is 11.3. The van der Waals surface area contributed by atoms with Gasteiger partial charge in [-0.2, -0.15) is 17.0 Å². The minimum Gasteiger partial charge on any atom is -0.293 e. The van der Waals surface area contributed by atoms with Gasteiger partial charge in [-0.05, 0) is 0 Å². The number of carbonyl (C=O) groups excluding carboxylic acids is 1. The normalized spacial score (nSPS) is 9.36. The Hall–Kier alpha value is -1.27. The maximum absolute atomic E-state index is 11.5. The molecule has 0 fully saturated rings. The summed E-state index contributed by atoms with van der Waals surface area (Å²) in [5, 5.41) is 8.30. The van der Waals surface area contributed by atoms with Crippen molar-refractivity contribution >= 4 is 17.5 Å². The lowest BCUT2D eigenvalue weighted by Gasteiger charge is -1.98. The van der Waals surface area contributed by atoms with Crippen molar-refractivity contribution in [3.63, 3.8) is 0 Å². The van der Waals surface area contributed by atoms with E-state index >= 15 is 0 Å². The van der Waals surface area contributed by atoms with Crippen LogP contribution in [0.15, 0.2) is 30.3 Å². The van der Waals surface area contributed by atoms with Crippen molar-refractivity contribution < 1.29 is 4.79 Å². The van der Waals surface area contributed by atoms with Crippen molar-refractivity contribution in [2.45, 2.75) is 6.42 Å². The van der Waals surface area contributed by atoms with E-state index in [9.17, 15) is 4.79 Å². The summed E-state index contributed by atoms with van der Waals surface area (Å²) in [4.78, 5) is 11.5.